The fourth-order valence-electron chi connectivity index (χ4n) is 1.70. The molecule has 76 valence electrons. The lowest BCUT2D eigenvalue weighted by Crippen LogP contribution is -2.26. The smallest absolute Gasteiger partial charge is 0.125 e. The van der Waals surface area contributed by atoms with Crippen LogP contribution in [0.15, 0.2) is 18.2 Å². The van der Waals surface area contributed by atoms with Crippen LogP contribution in [-0.4, -0.2) is 12.2 Å². The molecule has 0 amide bonds. The number of nitrogens with one attached hydrogen (secondary N) is 1. The van der Waals surface area contributed by atoms with E-state index in [9.17, 15) is 4.39 Å². The average molecular weight is 214 g/mol. The molecule has 1 heterocycles. The molecular weight excluding hydrogens is 201 g/mol. The standard InChI is InChI=1S/C11H13ClFN/c1-11(13)5-4-8-6-9(12)2-3-10(8)14-7-11/h2-3,6,14H,4-5,7H2,1H3. The van der Waals surface area contributed by atoms with Crippen LogP contribution >= 0.6 is 11.6 Å². The Morgan fingerprint density at radius 2 is 2.29 bits per heavy atom. The van der Waals surface area contributed by atoms with Gasteiger partial charge in [0.15, 0.2) is 0 Å². The number of aryl methyl sites for hydroxylation is 1. The van der Waals surface area contributed by atoms with Crippen molar-refractivity contribution in [3.05, 3.63) is 28.8 Å². The van der Waals surface area contributed by atoms with Crippen LogP contribution in [-0.2, 0) is 6.42 Å². The molecule has 2 rings (SSSR count). The second-order valence-electron chi connectivity index (χ2n) is 4.07. The normalized spacial score (nSPS) is 26.2. The highest BCUT2D eigenvalue weighted by Gasteiger charge is 2.26. The topological polar surface area (TPSA) is 12.0 Å². The summed E-state index contributed by atoms with van der Waals surface area (Å²) in [6.45, 7) is 2.01. The van der Waals surface area contributed by atoms with Crippen molar-refractivity contribution in [2.45, 2.75) is 25.4 Å². The van der Waals surface area contributed by atoms with Gasteiger partial charge in [-0.1, -0.05) is 11.6 Å². The first-order valence-corrected chi connectivity index (χ1v) is 5.16. The van der Waals surface area contributed by atoms with E-state index in [1.807, 2.05) is 18.2 Å². The molecule has 0 aliphatic carbocycles. The second-order valence-corrected chi connectivity index (χ2v) is 4.50. The van der Waals surface area contributed by atoms with E-state index in [4.69, 9.17) is 11.6 Å². The van der Waals surface area contributed by atoms with E-state index in [-0.39, 0.29) is 0 Å². The molecular formula is C11H13ClFN. The van der Waals surface area contributed by atoms with Crippen LogP contribution in [0.2, 0.25) is 5.02 Å². The van der Waals surface area contributed by atoms with Gasteiger partial charge in [-0.15, -0.1) is 0 Å². The third-order valence-electron chi connectivity index (χ3n) is 2.63. The van der Waals surface area contributed by atoms with E-state index < -0.39 is 5.67 Å². The van der Waals surface area contributed by atoms with E-state index in [1.54, 1.807) is 6.92 Å². The number of hydrogen-bond acceptors (Lipinski definition) is 1. The van der Waals surface area contributed by atoms with Gasteiger partial charge < -0.3 is 5.32 Å². The minimum Gasteiger partial charge on any atom is -0.382 e. The Kier molecular flexibility index (Phi) is 2.40. The maximum absolute atomic E-state index is 13.7. The molecule has 1 aromatic rings. The Morgan fingerprint density at radius 1 is 1.50 bits per heavy atom. The molecule has 0 spiro atoms. The largest absolute Gasteiger partial charge is 0.382 e. The molecule has 1 atom stereocenters. The van der Waals surface area contributed by atoms with Crippen molar-refractivity contribution >= 4 is 17.3 Å². The first-order valence-electron chi connectivity index (χ1n) is 4.78. The van der Waals surface area contributed by atoms with Gasteiger partial charge in [0.2, 0.25) is 0 Å². The average Bonchev–Trinajstić information content (AvgIpc) is 2.26. The molecule has 0 saturated carbocycles. The van der Waals surface area contributed by atoms with Crippen molar-refractivity contribution in [2.24, 2.45) is 0 Å². The zero-order valence-corrected chi connectivity index (χ0v) is 8.87. The molecule has 1 aliphatic rings. The number of rotatable bonds is 0. The molecule has 1 nitrogen and oxygen atoms in total. The Labute approximate surface area is 88.3 Å². The van der Waals surface area contributed by atoms with Crippen LogP contribution in [0.5, 0.6) is 0 Å². The summed E-state index contributed by atoms with van der Waals surface area (Å²) < 4.78 is 13.7. The van der Waals surface area contributed by atoms with Crippen molar-refractivity contribution in [3.8, 4) is 0 Å². The Morgan fingerprint density at radius 3 is 3.07 bits per heavy atom. The van der Waals surface area contributed by atoms with Crippen molar-refractivity contribution < 1.29 is 4.39 Å². The summed E-state index contributed by atoms with van der Waals surface area (Å²) in [4.78, 5) is 0. The van der Waals surface area contributed by atoms with E-state index in [2.05, 4.69) is 5.32 Å². The molecule has 1 N–H and O–H groups in total. The summed E-state index contributed by atoms with van der Waals surface area (Å²) in [5.74, 6) is 0. The minimum absolute atomic E-state index is 0.377. The predicted octanol–water partition coefficient (Wildman–Crippen LogP) is 3.43. The highest BCUT2D eigenvalue weighted by molar-refractivity contribution is 6.30. The van der Waals surface area contributed by atoms with Gasteiger partial charge in [0.05, 0.1) is 0 Å². The fraction of sp³-hybridized carbons (Fsp3) is 0.455. The summed E-state index contributed by atoms with van der Waals surface area (Å²) in [6, 6.07) is 5.65. The van der Waals surface area contributed by atoms with E-state index >= 15 is 0 Å². The highest BCUT2D eigenvalue weighted by atomic mass is 35.5. The SMILES string of the molecule is CC1(F)CCc2cc(Cl)ccc2NC1. The van der Waals surface area contributed by atoms with Crippen LogP contribution in [0.3, 0.4) is 0 Å². The molecule has 14 heavy (non-hydrogen) atoms. The van der Waals surface area contributed by atoms with Crippen molar-refractivity contribution in [2.75, 3.05) is 11.9 Å². The highest BCUT2D eigenvalue weighted by Crippen LogP contribution is 2.29. The van der Waals surface area contributed by atoms with E-state index in [0.29, 0.717) is 18.0 Å². The zero-order chi connectivity index (χ0) is 10.2. The zero-order valence-electron chi connectivity index (χ0n) is 8.11. The third kappa shape index (κ3) is 2.01. The lowest BCUT2D eigenvalue weighted by atomic mass is 10.0. The minimum atomic E-state index is -1.12. The van der Waals surface area contributed by atoms with E-state index in [1.165, 1.54) is 0 Å². The lowest BCUT2D eigenvalue weighted by molar-refractivity contribution is 0.195. The van der Waals surface area contributed by atoms with Gasteiger partial charge in [0.1, 0.15) is 5.67 Å². The van der Waals surface area contributed by atoms with Crippen molar-refractivity contribution in [1.29, 1.82) is 0 Å². The molecule has 0 bridgehead atoms. The summed E-state index contributed by atoms with van der Waals surface area (Å²) in [6.07, 6.45) is 1.29. The predicted molar refractivity (Wildman–Crippen MR) is 57.8 cm³/mol. The molecule has 1 aliphatic heterocycles. The summed E-state index contributed by atoms with van der Waals surface area (Å²) in [7, 11) is 0. The maximum atomic E-state index is 13.7. The van der Waals surface area contributed by atoms with Crippen LogP contribution in [0.25, 0.3) is 0 Å². The van der Waals surface area contributed by atoms with Gasteiger partial charge in [0.25, 0.3) is 0 Å². The van der Waals surface area contributed by atoms with Gasteiger partial charge in [-0.2, -0.15) is 0 Å². The van der Waals surface area contributed by atoms with Gasteiger partial charge >= 0.3 is 0 Å². The monoisotopic (exact) mass is 213 g/mol. The van der Waals surface area contributed by atoms with Crippen molar-refractivity contribution in [1.82, 2.24) is 0 Å². The molecule has 0 saturated heterocycles. The van der Waals surface area contributed by atoms with Crippen LogP contribution < -0.4 is 5.32 Å². The molecule has 0 aromatic heterocycles. The third-order valence-corrected chi connectivity index (χ3v) is 2.87. The molecule has 1 aromatic carbocycles. The number of alkyl halides is 1. The van der Waals surface area contributed by atoms with Crippen LogP contribution in [0.4, 0.5) is 10.1 Å². The number of benzene rings is 1. The second kappa shape index (κ2) is 3.43. The number of halogens is 2. The maximum Gasteiger partial charge on any atom is 0.125 e. The summed E-state index contributed by atoms with van der Waals surface area (Å²) in [5.41, 5.74) is 1.00. The van der Waals surface area contributed by atoms with Crippen molar-refractivity contribution in [3.63, 3.8) is 0 Å². The Bertz CT molecular complexity index is 349. The number of hydrogen-bond donors (Lipinski definition) is 1. The summed E-state index contributed by atoms with van der Waals surface area (Å²) >= 11 is 5.88. The first-order chi connectivity index (χ1) is 6.57. The van der Waals surface area contributed by atoms with Gasteiger partial charge in [-0.25, -0.2) is 4.39 Å². The number of fused-ring (bicyclic) bond motifs is 1. The molecule has 1 unspecified atom stereocenters. The fourth-order valence-corrected chi connectivity index (χ4v) is 1.90. The van der Waals surface area contributed by atoms with Crippen LogP contribution in [0, 0.1) is 0 Å². The first kappa shape index (κ1) is 9.78. The Hall–Kier alpha value is -0.760. The summed E-state index contributed by atoms with van der Waals surface area (Å²) in [5, 5.41) is 3.82. The van der Waals surface area contributed by atoms with Gasteiger partial charge in [-0.05, 0) is 43.5 Å². The van der Waals surface area contributed by atoms with Crippen LogP contribution in [0.1, 0.15) is 18.9 Å². The molecule has 0 radical (unpaired) electrons. The Balaban J connectivity index is 2.30. The van der Waals surface area contributed by atoms with Gasteiger partial charge in [-0.3, -0.25) is 0 Å². The van der Waals surface area contributed by atoms with Gasteiger partial charge in [0, 0.05) is 17.3 Å². The molecule has 0 fully saturated rings. The van der Waals surface area contributed by atoms with E-state index in [0.717, 1.165) is 17.7 Å². The lowest BCUT2D eigenvalue weighted by Gasteiger charge is -2.17. The number of anilines is 1. The molecule has 3 heteroatoms. The quantitative estimate of drug-likeness (QED) is 0.696.